The summed E-state index contributed by atoms with van der Waals surface area (Å²) in [6.45, 7) is 7.99. The highest BCUT2D eigenvalue weighted by atomic mass is 16.6. The van der Waals surface area contributed by atoms with Crippen molar-refractivity contribution < 1.29 is 19.1 Å². The van der Waals surface area contributed by atoms with Gasteiger partial charge >= 0.3 is 11.9 Å². The zero-order chi connectivity index (χ0) is 14.7. The van der Waals surface area contributed by atoms with Crippen molar-refractivity contribution in [3.05, 3.63) is 0 Å². The maximum Gasteiger partial charge on any atom is 0.311 e. The molecule has 0 amide bonds. The highest BCUT2D eigenvalue weighted by molar-refractivity contribution is 5.76. The van der Waals surface area contributed by atoms with Crippen molar-refractivity contribution in [2.75, 3.05) is 0 Å². The Hall–Kier alpha value is -1.06. The molecule has 0 bridgehead atoms. The van der Waals surface area contributed by atoms with Crippen molar-refractivity contribution >= 4 is 11.9 Å². The third-order valence-corrected chi connectivity index (χ3v) is 6.19. The number of hydrogen-bond donors (Lipinski definition) is 0. The van der Waals surface area contributed by atoms with Crippen LogP contribution < -0.4 is 0 Å². The first-order valence-corrected chi connectivity index (χ1v) is 7.77. The molecule has 3 rings (SSSR count). The lowest BCUT2D eigenvalue weighted by molar-refractivity contribution is -0.288. The van der Waals surface area contributed by atoms with Gasteiger partial charge in [0.15, 0.2) is 0 Å². The molecule has 3 fully saturated rings. The lowest BCUT2D eigenvalue weighted by Gasteiger charge is -2.68. The zero-order valence-electron chi connectivity index (χ0n) is 12.8. The summed E-state index contributed by atoms with van der Waals surface area (Å²) in [4.78, 5) is 23.8. The van der Waals surface area contributed by atoms with Gasteiger partial charge in [0.1, 0.15) is 12.2 Å². The van der Waals surface area contributed by atoms with Gasteiger partial charge in [-0.3, -0.25) is 9.59 Å². The Kier molecular flexibility index (Phi) is 2.93. The van der Waals surface area contributed by atoms with E-state index in [1.54, 1.807) is 0 Å². The summed E-state index contributed by atoms with van der Waals surface area (Å²) in [5, 5.41) is 0. The summed E-state index contributed by atoms with van der Waals surface area (Å²) in [6, 6.07) is 0. The van der Waals surface area contributed by atoms with E-state index in [9.17, 15) is 9.59 Å². The Morgan fingerprint density at radius 3 is 2.70 bits per heavy atom. The van der Waals surface area contributed by atoms with Gasteiger partial charge in [-0.1, -0.05) is 13.8 Å². The molecule has 2 saturated carbocycles. The third-order valence-electron chi connectivity index (χ3n) is 6.19. The molecular weight excluding hydrogens is 256 g/mol. The quantitative estimate of drug-likeness (QED) is 0.743. The summed E-state index contributed by atoms with van der Waals surface area (Å²) in [6.07, 6.45) is 3.16. The van der Waals surface area contributed by atoms with Gasteiger partial charge in [-0.25, -0.2) is 0 Å². The van der Waals surface area contributed by atoms with E-state index in [1.165, 1.54) is 0 Å². The van der Waals surface area contributed by atoms with Gasteiger partial charge in [-0.15, -0.1) is 0 Å². The van der Waals surface area contributed by atoms with Gasteiger partial charge in [0.25, 0.3) is 0 Å². The van der Waals surface area contributed by atoms with Gasteiger partial charge < -0.3 is 9.47 Å². The van der Waals surface area contributed by atoms with Crippen molar-refractivity contribution in [2.24, 2.45) is 22.7 Å². The number of carbonyl (C=O) groups excluding carboxylic acids is 2. The number of hydrogen-bond acceptors (Lipinski definition) is 4. The third kappa shape index (κ3) is 1.54. The number of esters is 2. The average molecular weight is 280 g/mol. The van der Waals surface area contributed by atoms with Crippen LogP contribution in [0.5, 0.6) is 0 Å². The molecule has 0 N–H and O–H groups in total. The van der Waals surface area contributed by atoms with E-state index in [2.05, 4.69) is 6.92 Å². The minimum atomic E-state index is -0.425. The highest BCUT2D eigenvalue weighted by Crippen LogP contribution is 2.71. The molecule has 4 heteroatoms. The molecule has 0 radical (unpaired) electrons. The number of ether oxygens (including phenoxy) is 2. The molecule has 4 nitrogen and oxygen atoms in total. The van der Waals surface area contributed by atoms with E-state index in [0.29, 0.717) is 12.3 Å². The Bertz CT molecular complexity index is 455. The molecule has 0 spiro atoms. The second kappa shape index (κ2) is 4.22. The number of fused-ring (bicyclic) bond motifs is 4. The molecule has 5 atom stereocenters. The van der Waals surface area contributed by atoms with Crippen LogP contribution in [0.25, 0.3) is 0 Å². The molecule has 1 heterocycles. The van der Waals surface area contributed by atoms with Crippen LogP contribution in [0.1, 0.15) is 53.4 Å². The zero-order valence-corrected chi connectivity index (χ0v) is 12.8. The summed E-state index contributed by atoms with van der Waals surface area (Å²) in [5.74, 6) is 0.485. The molecule has 0 aromatic heterocycles. The van der Waals surface area contributed by atoms with Crippen molar-refractivity contribution in [1.29, 1.82) is 0 Å². The first-order chi connectivity index (χ1) is 9.36. The van der Waals surface area contributed by atoms with Crippen molar-refractivity contribution in [3.8, 4) is 0 Å². The fourth-order valence-corrected chi connectivity index (χ4v) is 4.36. The van der Waals surface area contributed by atoms with Gasteiger partial charge in [-0.05, 0) is 33.1 Å². The largest absolute Gasteiger partial charge is 0.462 e. The number of rotatable bonds is 4. The van der Waals surface area contributed by atoms with Crippen LogP contribution in [0, 0.1) is 22.7 Å². The fraction of sp³-hybridized carbons (Fsp3) is 0.875. The summed E-state index contributed by atoms with van der Waals surface area (Å²) >= 11 is 0. The maximum absolute atomic E-state index is 12.3. The smallest absolute Gasteiger partial charge is 0.311 e. The van der Waals surface area contributed by atoms with Crippen molar-refractivity contribution in [3.63, 3.8) is 0 Å². The monoisotopic (exact) mass is 280 g/mol. The lowest BCUT2D eigenvalue weighted by Crippen LogP contribution is -2.73. The Balaban J connectivity index is 1.72. The average Bonchev–Trinajstić information content (AvgIpc) is 2.73. The molecule has 1 aliphatic heterocycles. The van der Waals surface area contributed by atoms with E-state index >= 15 is 0 Å². The predicted molar refractivity (Wildman–Crippen MR) is 72.8 cm³/mol. The minimum absolute atomic E-state index is 0.0102. The topological polar surface area (TPSA) is 52.6 Å². The Labute approximate surface area is 120 Å². The highest BCUT2D eigenvalue weighted by Gasteiger charge is 2.76. The van der Waals surface area contributed by atoms with Crippen LogP contribution in [0.4, 0.5) is 0 Å². The summed E-state index contributed by atoms with van der Waals surface area (Å²) < 4.78 is 11.2. The van der Waals surface area contributed by atoms with Crippen LogP contribution in [-0.2, 0) is 19.1 Å². The fourth-order valence-electron chi connectivity index (χ4n) is 4.36. The normalized spacial score (nSPS) is 41.9. The van der Waals surface area contributed by atoms with Gasteiger partial charge in [0.2, 0.25) is 0 Å². The van der Waals surface area contributed by atoms with Crippen molar-refractivity contribution in [1.82, 2.24) is 0 Å². The second-order valence-corrected chi connectivity index (χ2v) is 7.20. The van der Waals surface area contributed by atoms with E-state index in [-0.39, 0.29) is 35.5 Å². The van der Waals surface area contributed by atoms with Gasteiger partial charge in [-0.2, -0.15) is 0 Å². The molecule has 2 aliphatic carbocycles. The minimum Gasteiger partial charge on any atom is -0.462 e. The Morgan fingerprint density at radius 1 is 1.40 bits per heavy atom. The molecule has 1 saturated heterocycles. The predicted octanol–water partition coefficient (Wildman–Crippen LogP) is 2.70. The van der Waals surface area contributed by atoms with Crippen LogP contribution in [-0.4, -0.2) is 24.1 Å². The van der Waals surface area contributed by atoms with Gasteiger partial charge in [0, 0.05) is 17.3 Å². The van der Waals surface area contributed by atoms with E-state index in [4.69, 9.17) is 9.47 Å². The van der Waals surface area contributed by atoms with E-state index in [1.807, 2.05) is 20.8 Å². The van der Waals surface area contributed by atoms with Crippen molar-refractivity contribution in [2.45, 2.75) is 65.6 Å². The number of carbonyl (C=O) groups is 2. The summed E-state index contributed by atoms with van der Waals surface area (Å²) in [7, 11) is 0. The van der Waals surface area contributed by atoms with E-state index < -0.39 is 5.41 Å². The van der Waals surface area contributed by atoms with Gasteiger partial charge in [0.05, 0.1) is 11.8 Å². The molecule has 0 aromatic rings. The molecular formula is C16H24O4. The lowest BCUT2D eigenvalue weighted by atomic mass is 9.38. The second-order valence-electron chi connectivity index (χ2n) is 7.20. The van der Waals surface area contributed by atoms with Crippen LogP contribution in [0.15, 0.2) is 0 Å². The molecule has 5 unspecified atom stereocenters. The summed E-state index contributed by atoms with van der Waals surface area (Å²) in [5.41, 5.74) is -0.415. The molecule has 3 aliphatic rings. The van der Waals surface area contributed by atoms with Crippen LogP contribution in [0.3, 0.4) is 0 Å². The first kappa shape index (κ1) is 13.9. The molecule has 112 valence electrons. The Morgan fingerprint density at radius 2 is 2.10 bits per heavy atom. The van der Waals surface area contributed by atoms with Crippen LogP contribution >= 0.6 is 0 Å². The standard InChI is InChI=1S/C16H24O4/c1-5-15(3,4)14(18)19-11-7-9-13-10(8-12(17)20-13)16(9,11)6-2/h9-11,13H,5-8H2,1-4H3. The molecule has 0 aromatic carbocycles. The molecule has 20 heavy (non-hydrogen) atoms. The first-order valence-electron chi connectivity index (χ1n) is 7.77. The SMILES string of the molecule is CCC(C)(C)C(=O)OC1CC2C3OC(=O)CC3C12CC. The van der Waals surface area contributed by atoms with E-state index in [0.717, 1.165) is 19.3 Å². The van der Waals surface area contributed by atoms with Crippen LogP contribution in [0.2, 0.25) is 0 Å². The maximum atomic E-state index is 12.3.